The van der Waals surface area contributed by atoms with Crippen molar-refractivity contribution in [3.8, 4) is 5.75 Å². The number of nitro benzene ring substituents is 1. The van der Waals surface area contributed by atoms with Gasteiger partial charge >= 0.3 is 0 Å². The third-order valence-corrected chi connectivity index (χ3v) is 9.00. The van der Waals surface area contributed by atoms with Gasteiger partial charge in [-0.05, 0) is 67.5 Å². The van der Waals surface area contributed by atoms with Crippen LogP contribution >= 0.6 is 0 Å². The topological polar surface area (TPSA) is 52.4 Å². The molecule has 0 aliphatic carbocycles. The van der Waals surface area contributed by atoms with Crippen LogP contribution in [0.4, 0.5) is 5.69 Å². The number of non-ortho nitro benzene ring substituents is 1. The molecule has 0 N–H and O–H groups in total. The van der Waals surface area contributed by atoms with Crippen LogP contribution < -0.4 is 4.74 Å². The van der Waals surface area contributed by atoms with E-state index >= 15 is 0 Å². The highest BCUT2D eigenvalue weighted by Crippen LogP contribution is 2.18. The largest absolute Gasteiger partial charge is 0.494 e. The molecule has 0 heterocycles. The van der Waals surface area contributed by atoms with Gasteiger partial charge < -0.3 is 9.22 Å². The Kier molecular flexibility index (Phi) is 21.0. The standard InChI is InChI=1S/C40H65N2O3/c1-4-5-6-7-8-9-12-15-18-21-34-42(2,3)35-22-19-16-13-10-11-14-17-20-23-36-45-40-32-28-38(29-33-40)25-24-37-26-30-39(31-27-37)41(43)44/h24-33H,4-23,34-36H2,1-3H3/q+1/b25-24+. The lowest BCUT2D eigenvalue weighted by Crippen LogP contribution is -2.41. The van der Waals surface area contributed by atoms with Crippen molar-refractivity contribution in [2.75, 3.05) is 33.8 Å². The maximum atomic E-state index is 10.8. The molecule has 0 atom stereocenters. The minimum atomic E-state index is -0.380. The summed E-state index contributed by atoms with van der Waals surface area (Å²) in [6.07, 6.45) is 31.6. The van der Waals surface area contributed by atoms with Gasteiger partial charge in [0.2, 0.25) is 0 Å². The lowest BCUT2D eigenvalue weighted by molar-refractivity contribution is -0.890. The van der Waals surface area contributed by atoms with Crippen LogP contribution in [0, 0.1) is 10.1 Å². The van der Waals surface area contributed by atoms with Gasteiger partial charge in [0.25, 0.3) is 5.69 Å². The first kappa shape index (κ1) is 38.5. The second-order valence-electron chi connectivity index (χ2n) is 13.7. The van der Waals surface area contributed by atoms with E-state index in [-0.39, 0.29) is 10.6 Å². The fraction of sp³-hybridized carbons (Fsp3) is 0.650. The van der Waals surface area contributed by atoms with Crippen molar-refractivity contribution < 1.29 is 14.1 Å². The zero-order valence-corrected chi connectivity index (χ0v) is 29.2. The Labute approximate surface area is 276 Å². The molecule has 0 aliphatic heterocycles. The van der Waals surface area contributed by atoms with E-state index in [9.17, 15) is 10.1 Å². The minimum Gasteiger partial charge on any atom is -0.494 e. The van der Waals surface area contributed by atoms with Crippen molar-refractivity contribution in [3.63, 3.8) is 0 Å². The van der Waals surface area contributed by atoms with E-state index in [0.29, 0.717) is 0 Å². The zero-order valence-electron chi connectivity index (χ0n) is 29.2. The van der Waals surface area contributed by atoms with Crippen molar-refractivity contribution in [1.29, 1.82) is 0 Å². The van der Waals surface area contributed by atoms with Gasteiger partial charge in [-0.3, -0.25) is 10.1 Å². The zero-order chi connectivity index (χ0) is 32.4. The predicted octanol–water partition coefficient (Wildman–Crippen LogP) is 12.0. The number of unbranched alkanes of at least 4 members (excludes halogenated alkanes) is 18. The van der Waals surface area contributed by atoms with Crippen LogP contribution in [0.5, 0.6) is 5.75 Å². The smallest absolute Gasteiger partial charge is 0.269 e. The van der Waals surface area contributed by atoms with E-state index in [4.69, 9.17) is 4.74 Å². The number of nitrogens with zero attached hydrogens (tertiary/aromatic N) is 2. The molecule has 0 radical (unpaired) electrons. The molecule has 0 bridgehead atoms. The van der Waals surface area contributed by atoms with Crippen LogP contribution in [0.25, 0.3) is 12.2 Å². The lowest BCUT2D eigenvalue weighted by Gasteiger charge is -2.30. The van der Waals surface area contributed by atoms with Crippen LogP contribution in [-0.2, 0) is 0 Å². The molecule has 252 valence electrons. The molecule has 0 amide bonds. The molecule has 0 unspecified atom stereocenters. The molecule has 2 aromatic rings. The summed E-state index contributed by atoms with van der Waals surface area (Å²) in [5.74, 6) is 0.906. The SMILES string of the molecule is CCCCCCCCCCCC[N+](C)(C)CCCCCCCCCCCCOc1ccc(/C=C/c2ccc([N+](=O)[O-])cc2)cc1. The quantitative estimate of drug-likeness (QED) is 0.0312. The summed E-state index contributed by atoms with van der Waals surface area (Å²) in [6.45, 7) is 5.75. The highest BCUT2D eigenvalue weighted by atomic mass is 16.6. The maximum absolute atomic E-state index is 10.8. The highest BCUT2D eigenvalue weighted by Gasteiger charge is 2.13. The van der Waals surface area contributed by atoms with Crippen molar-refractivity contribution in [3.05, 3.63) is 69.8 Å². The number of hydrogen-bond donors (Lipinski definition) is 0. The van der Waals surface area contributed by atoms with Crippen LogP contribution in [0.15, 0.2) is 48.5 Å². The van der Waals surface area contributed by atoms with Crippen molar-refractivity contribution >= 4 is 17.8 Å². The van der Waals surface area contributed by atoms with Crippen LogP contribution in [0.1, 0.15) is 146 Å². The van der Waals surface area contributed by atoms with Crippen LogP contribution in [-0.4, -0.2) is 43.2 Å². The van der Waals surface area contributed by atoms with E-state index in [1.165, 1.54) is 152 Å². The van der Waals surface area contributed by atoms with E-state index in [1.807, 2.05) is 36.4 Å². The average molecular weight is 622 g/mol. The Hall–Kier alpha value is -2.66. The number of hydrogen-bond acceptors (Lipinski definition) is 3. The number of nitro groups is 1. The Morgan fingerprint density at radius 3 is 1.38 bits per heavy atom. The summed E-state index contributed by atoms with van der Waals surface area (Å²) in [5.41, 5.74) is 2.12. The van der Waals surface area contributed by atoms with Gasteiger partial charge in [0.15, 0.2) is 0 Å². The van der Waals surface area contributed by atoms with E-state index in [2.05, 4.69) is 21.0 Å². The van der Waals surface area contributed by atoms with Gasteiger partial charge in [-0.15, -0.1) is 0 Å². The van der Waals surface area contributed by atoms with Crippen LogP contribution in [0.2, 0.25) is 0 Å². The normalized spacial score (nSPS) is 11.8. The lowest BCUT2D eigenvalue weighted by atomic mass is 10.1. The summed E-state index contributed by atoms with van der Waals surface area (Å²) < 4.78 is 7.14. The Morgan fingerprint density at radius 2 is 0.956 bits per heavy atom. The number of benzene rings is 2. The molecule has 45 heavy (non-hydrogen) atoms. The minimum absolute atomic E-state index is 0.109. The molecule has 2 aromatic carbocycles. The van der Waals surface area contributed by atoms with Crippen molar-refractivity contribution in [1.82, 2.24) is 0 Å². The second kappa shape index (κ2) is 24.6. The predicted molar refractivity (Wildman–Crippen MR) is 194 cm³/mol. The number of ether oxygens (including phenoxy) is 1. The summed E-state index contributed by atoms with van der Waals surface area (Å²) in [6, 6.07) is 14.7. The average Bonchev–Trinajstić information content (AvgIpc) is 3.04. The van der Waals surface area contributed by atoms with Gasteiger partial charge in [-0.2, -0.15) is 0 Å². The summed E-state index contributed by atoms with van der Waals surface area (Å²) in [5, 5.41) is 10.8. The molecule has 2 rings (SSSR count). The molecule has 0 saturated carbocycles. The summed E-state index contributed by atoms with van der Waals surface area (Å²) in [4.78, 5) is 10.4. The third-order valence-electron chi connectivity index (χ3n) is 9.00. The highest BCUT2D eigenvalue weighted by molar-refractivity contribution is 5.70. The summed E-state index contributed by atoms with van der Waals surface area (Å²) >= 11 is 0. The molecule has 0 fully saturated rings. The molecule has 0 saturated heterocycles. The van der Waals surface area contributed by atoms with Gasteiger partial charge in [-0.25, -0.2) is 0 Å². The summed E-state index contributed by atoms with van der Waals surface area (Å²) in [7, 11) is 4.86. The van der Waals surface area contributed by atoms with Crippen molar-refractivity contribution in [2.24, 2.45) is 0 Å². The first-order valence-electron chi connectivity index (χ1n) is 18.4. The molecular formula is C40H65N2O3+. The Bertz CT molecular complexity index is 1030. The molecule has 0 spiro atoms. The molecule has 0 aromatic heterocycles. The van der Waals surface area contributed by atoms with E-state index < -0.39 is 0 Å². The van der Waals surface area contributed by atoms with E-state index in [1.54, 1.807) is 12.1 Å². The fourth-order valence-corrected chi connectivity index (χ4v) is 5.96. The maximum Gasteiger partial charge on any atom is 0.269 e. The molecular weight excluding hydrogens is 556 g/mol. The first-order chi connectivity index (χ1) is 21.9. The Morgan fingerprint density at radius 1 is 0.578 bits per heavy atom. The van der Waals surface area contributed by atoms with Gasteiger partial charge in [0.1, 0.15) is 5.75 Å². The van der Waals surface area contributed by atoms with Crippen molar-refractivity contribution in [2.45, 2.75) is 135 Å². The second-order valence-corrected chi connectivity index (χ2v) is 13.7. The fourth-order valence-electron chi connectivity index (χ4n) is 5.96. The molecule has 5 nitrogen and oxygen atoms in total. The van der Waals surface area contributed by atoms with Gasteiger partial charge in [0, 0.05) is 12.1 Å². The number of quaternary nitrogens is 1. The number of rotatable bonds is 28. The van der Waals surface area contributed by atoms with Crippen LogP contribution in [0.3, 0.4) is 0 Å². The Balaban J connectivity index is 1.37. The molecule has 0 aliphatic rings. The first-order valence-corrected chi connectivity index (χ1v) is 18.4. The van der Waals surface area contributed by atoms with E-state index in [0.717, 1.165) is 29.9 Å². The monoisotopic (exact) mass is 621 g/mol. The van der Waals surface area contributed by atoms with Gasteiger partial charge in [0.05, 0.1) is 38.7 Å². The third kappa shape index (κ3) is 20.2. The molecule has 5 heteroatoms. The van der Waals surface area contributed by atoms with Gasteiger partial charge in [-0.1, -0.05) is 128 Å².